The van der Waals surface area contributed by atoms with Crippen LogP contribution in [-0.2, 0) is 0 Å². The van der Waals surface area contributed by atoms with Crippen molar-refractivity contribution in [2.75, 3.05) is 0 Å². The van der Waals surface area contributed by atoms with E-state index in [0.717, 1.165) is 16.1 Å². The first-order chi connectivity index (χ1) is 23.3. The molecule has 0 spiro atoms. The minimum absolute atomic E-state index is 1.05. The van der Waals surface area contributed by atoms with Crippen LogP contribution in [0.25, 0.3) is 96.9 Å². The Bertz CT molecular complexity index is 2810. The van der Waals surface area contributed by atoms with Gasteiger partial charge in [0.2, 0.25) is 0 Å². The lowest BCUT2D eigenvalue weighted by Gasteiger charge is -2.15. The first-order valence-corrected chi connectivity index (χ1v) is 16.9. The second kappa shape index (κ2) is 10.3. The van der Waals surface area contributed by atoms with Gasteiger partial charge in [-0.3, -0.25) is 0 Å². The molecule has 0 aliphatic carbocycles. The summed E-state index contributed by atoms with van der Waals surface area (Å²) < 4.78 is 1.24. The summed E-state index contributed by atoms with van der Waals surface area (Å²) in [5.74, 6) is 0. The number of nitrogens with zero attached hydrogens (tertiary/aromatic N) is 1. The minimum atomic E-state index is 1.05. The SMILES string of the molecule is c1ccc(-c2nc3ccc4ccc(-c5ccc(-c6ccc7c8ccccc8c8ccccc8c7c6)c6ccccc56)cc4c3s2)cc1. The van der Waals surface area contributed by atoms with Gasteiger partial charge in [-0.2, -0.15) is 0 Å². The Morgan fingerprint density at radius 2 is 0.830 bits per heavy atom. The third-order valence-electron chi connectivity index (χ3n) is 9.68. The van der Waals surface area contributed by atoms with Gasteiger partial charge in [0, 0.05) is 10.9 Å². The van der Waals surface area contributed by atoms with Crippen molar-refractivity contribution < 1.29 is 0 Å². The van der Waals surface area contributed by atoms with Crippen molar-refractivity contribution in [3.63, 3.8) is 0 Å². The van der Waals surface area contributed by atoms with Crippen molar-refractivity contribution in [1.29, 1.82) is 0 Å². The number of thiazole rings is 1. The van der Waals surface area contributed by atoms with Gasteiger partial charge in [0.15, 0.2) is 0 Å². The van der Waals surface area contributed by atoms with Crippen molar-refractivity contribution in [2.45, 2.75) is 0 Å². The molecule has 0 fully saturated rings. The van der Waals surface area contributed by atoms with Gasteiger partial charge in [0.1, 0.15) is 5.01 Å². The van der Waals surface area contributed by atoms with Gasteiger partial charge >= 0.3 is 0 Å². The van der Waals surface area contributed by atoms with Gasteiger partial charge in [-0.15, -0.1) is 11.3 Å². The Morgan fingerprint density at radius 3 is 1.47 bits per heavy atom. The van der Waals surface area contributed by atoms with Crippen LogP contribution in [0.5, 0.6) is 0 Å². The zero-order valence-corrected chi connectivity index (χ0v) is 26.3. The van der Waals surface area contributed by atoms with E-state index in [1.165, 1.54) is 80.8 Å². The number of benzene rings is 9. The molecule has 0 aliphatic rings. The molecule has 10 aromatic rings. The Labute approximate surface area is 276 Å². The monoisotopic (exact) mass is 613 g/mol. The molecule has 0 amide bonds. The molecule has 47 heavy (non-hydrogen) atoms. The molecule has 0 bridgehead atoms. The van der Waals surface area contributed by atoms with Crippen LogP contribution in [0.2, 0.25) is 0 Å². The molecule has 0 unspecified atom stereocenters. The van der Waals surface area contributed by atoms with E-state index in [-0.39, 0.29) is 0 Å². The maximum absolute atomic E-state index is 5.01. The Hall–Kier alpha value is -5.83. The molecule has 0 atom stereocenters. The van der Waals surface area contributed by atoms with E-state index in [1.54, 1.807) is 11.3 Å². The summed E-state index contributed by atoms with van der Waals surface area (Å²) in [5, 5.41) is 13.9. The van der Waals surface area contributed by atoms with Gasteiger partial charge in [-0.05, 0) is 88.9 Å². The molecule has 10 rings (SSSR count). The van der Waals surface area contributed by atoms with Crippen LogP contribution >= 0.6 is 11.3 Å². The van der Waals surface area contributed by atoms with Gasteiger partial charge in [-0.25, -0.2) is 4.98 Å². The molecule has 0 aliphatic heterocycles. The Kier molecular flexibility index (Phi) is 5.81. The molecule has 0 radical (unpaired) electrons. The molecule has 218 valence electrons. The van der Waals surface area contributed by atoms with Gasteiger partial charge in [-0.1, -0.05) is 146 Å². The fourth-order valence-corrected chi connectivity index (χ4v) is 8.55. The second-order valence-corrected chi connectivity index (χ2v) is 13.3. The molecule has 0 saturated heterocycles. The lowest BCUT2D eigenvalue weighted by atomic mass is 9.89. The van der Waals surface area contributed by atoms with Crippen molar-refractivity contribution in [3.05, 3.63) is 164 Å². The van der Waals surface area contributed by atoms with Gasteiger partial charge in [0.05, 0.1) is 10.2 Å². The summed E-state index contributed by atoms with van der Waals surface area (Å²) in [7, 11) is 0. The third kappa shape index (κ3) is 4.12. The summed E-state index contributed by atoms with van der Waals surface area (Å²) in [5.41, 5.74) is 7.16. The normalized spacial score (nSPS) is 11.8. The average molecular weight is 614 g/mol. The van der Waals surface area contributed by atoms with Crippen LogP contribution in [-0.4, -0.2) is 4.98 Å². The van der Waals surface area contributed by atoms with Crippen molar-refractivity contribution in [3.8, 4) is 32.8 Å². The summed E-state index contributed by atoms with van der Waals surface area (Å²) in [6, 6.07) is 59.8. The molecule has 1 nitrogen and oxygen atoms in total. The highest BCUT2D eigenvalue weighted by Crippen LogP contribution is 2.42. The zero-order chi connectivity index (χ0) is 30.9. The number of rotatable bonds is 3. The predicted octanol–water partition coefficient (Wildman–Crippen LogP) is 13.1. The third-order valence-corrected chi connectivity index (χ3v) is 10.8. The zero-order valence-electron chi connectivity index (χ0n) is 25.4. The molecule has 0 saturated carbocycles. The van der Waals surface area contributed by atoms with Crippen LogP contribution < -0.4 is 0 Å². The quantitative estimate of drug-likeness (QED) is 0.181. The number of hydrogen-bond acceptors (Lipinski definition) is 2. The first kappa shape index (κ1) is 26.4. The highest BCUT2D eigenvalue weighted by molar-refractivity contribution is 7.22. The van der Waals surface area contributed by atoms with Crippen molar-refractivity contribution >= 4 is 75.4 Å². The van der Waals surface area contributed by atoms with E-state index in [0.29, 0.717) is 0 Å². The smallest absolute Gasteiger partial charge is 0.124 e. The Morgan fingerprint density at radius 1 is 0.340 bits per heavy atom. The number of aromatic nitrogens is 1. The van der Waals surface area contributed by atoms with Gasteiger partial charge < -0.3 is 0 Å². The lowest BCUT2D eigenvalue weighted by Crippen LogP contribution is -1.88. The molecular formula is C45H27NS. The highest BCUT2D eigenvalue weighted by Gasteiger charge is 2.15. The number of fused-ring (bicyclic) bond motifs is 10. The summed E-state index contributed by atoms with van der Waals surface area (Å²) in [6.07, 6.45) is 0. The van der Waals surface area contributed by atoms with E-state index < -0.39 is 0 Å². The largest absolute Gasteiger partial charge is 0.236 e. The lowest BCUT2D eigenvalue weighted by molar-refractivity contribution is 1.48. The minimum Gasteiger partial charge on any atom is -0.236 e. The van der Waals surface area contributed by atoms with Crippen molar-refractivity contribution in [1.82, 2.24) is 4.98 Å². The molecule has 1 heterocycles. The van der Waals surface area contributed by atoms with Crippen LogP contribution in [0.1, 0.15) is 0 Å². The summed E-state index contributed by atoms with van der Waals surface area (Å²) in [4.78, 5) is 5.01. The van der Waals surface area contributed by atoms with Gasteiger partial charge in [0.25, 0.3) is 0 Å². The van der Waals surface area contributed by atoms with E-state index in [1.807, 2.05) is 0 Å². The van der Waals surface area contributed by atoms with Crippen LogP contribution in [0.3, 0.4) is 0 Å². The van der Waals surface area contributed by atoms with E-state index in [2.05, 4.69) is 164 Å². The Balaban J connectivity index is 1.15. The highest BCUT2D eigenvalue weighted by atomic mass is 32.1. The van der Waals surface area contributed by atoms with E-state index >= 15 is 0 Å². The second-order valence-electron chi connectivity index (χ2n) is 12.3. The fourth-order valence-electron chi connectivity index (χ4n) is 7.45. The molecule has 9 aromatic carbocycles. The maximum atomic E-state index is 5.01. The first-order valence-electron chi connectivity index (χ1n) is 16.0. The van der Waals surface area contributed by atoms with E-state index in [9.17, 15) is 0 Å². The maximum Gasteiger partial charge on any atom is 0.124 e. The predicted molar refractivity (Wildman–Crippen MR) is 203 cm³/mol. The molecule has 2 heteroatoms. The van der Waals surface area contributed by atoms with Crippen LogP contribution in [0.15, 0.2) is 164 Å². The molecule has 1 aromatic heterocycles. The fraction of sp³-hybridized carbons (Fsp3) is 0. The van der Waals surface area contributed by atoms with Crippen LogP contribution in [0.4, 0.5) is 0 Å². The van der Waals surface area contributed by atoms with E-state index in [4.69, 9.17) is 4.98 Å². The summed E-state index contributed by atoms with van der Waals surface area (Å²) in [6.45, 7) is 0. The number of hydrogen-bond donors (Lipinski definition) is 0. The molecular weight excluding hydrogens is 587 g/mol. The standard InChI is InChI=1S/C45H27NS/c1-2-10-29(11-3-1)45-46-43-25-21-28-18-19-30(26-41(28)44(43)47-45)32-23-24-33(35-13-5-4-12-34(32)35)31-20-22-40-38-16-7-6-14-36(38)37-15-8-9-17-39(37)42(40)27-31/h1-27H. The average Bonchev–Trinajstić information content (AvgIpc) is 3.60. The topological polar surface area (TPSA) is 12.9 Å². The van der Waals surface area contributed by atoms with Crippen molar-refractivity contribution in [2.24, 2.45) is 0 Å². The molecule has 0 N–H and O–H groups in total. The summed E-state index contributed by atoms with van der Waals surface area (Å²) >= 11 is 1.78. The van der Waals surface area contributed by atoms with Crippen LogP contribution in [0, 0.1) is 0 Å².